The Morgan fingerprint density at radius 3 is 2.60 bits per heavy atom. The zero-order valence-electron chi connectivity index (χ0n) is 30.8. The molecule has 12 rings (SSSR count). The monoisotopic (exact) mass is 682 g/mol. The molecule has 0 aromatic heterocycles. The molecule has 3 saturated heterocycles. The average molecular weight is 683 g/mol. The number of piperidine rings is 2. The van der Waals surface area contributed by atoms with Gasteiger partial charge in [-0.3, -0.25) is 9.69 Å². The van der Waals surface area contributed by atoms with Crippen LogP contribution in [0.2, 0.25) is 0 Å². The van der Waals surface area contributed by atoms with Gasteiger partial charge in [-0.2, -0.15) is 0 Å². The molecule has 7 nitrogen and oxygen atoms in total. The second kappa shape index (κ2) is 12.3. The van der Waals surface area contributed by atoms with E-state index in [4.69, 9.17) is 15.2 Å². The first-order valence-corrected chi connectivity index (χ1v) is 20.6. The molecule has 50 heavy (non-hydrogen) atoms. The maximum atomic E-state index is 14.9. The smallest absolute Gasteiger partial charge is 0.339 e. The number of aryl methyl sites for hydroxylation is 1. The highest BCUT2D eigenvalue weighted by molar-refractivity contribution is 5.99. The lowest BCUT2D eigenvalue weighted by molar-refractivity contribution is -0.942. The Hall–Kier alpha value is -2.48. The lowest BCUT2D eigenvalue weighted by Gasteiger charge is -2.69. The van der Waals surface area contributed by atoms with Gasteiger partial charge in [0.2, 0.25) is 0 Å². The molecule has 8 heterocycles. The van der Waals surface area contributed by atoms with Crippen molar-refractivity contribution < 1.29 is 24.0 Å². The van der Waals surface area contributed by atoms with Crippen LogP contribution in [0.15, 0.2) is 41.7 Å². The number of benzene rings is 1. The number of hydrogen-bond donors (Lipinski definition) is 2. The van der Waals surface area contributed by atoms with Gasteiger partial charge in [0.25, 0.3) is 0 Å². The molecule has 10 unspecified atom stereocenters. The second-order valence-electron chi connectivity index (χ2n) is 17.9. The average Bonchev–Trinajstić information content (AvgIpc) is 3.55. The first-order chi connectivity index (χ1) is 24.3. The quantitative estimate of drug-likeness (QED) is 0.283. The van der Waals surface area contributed by atoms with E-state index in [1.165, 1.54) is 57.4 Å². The Morgan fingerprint density at radius 2 is 1.84 bits per heavy atom. The van der Waals surface area contributed by atoms with Crippen molar-refractivity contribution in [3.05, 3.63) is 58.4 Å². The van der Waals surface area contributed by atoms with Crippen LogP contribution in [0, 0.1) is 40.4 Å². The number of ether oxygens (including phenoxy) is 2. The van der Waals surface area contributed by atoms with Gasteiger partial charge in [-0.05, 0) is 88.3 Å². The summed E-state index contributed by atoms with van der Waals surface area (Å²) in [4.78, 5) is 33.9. The summed E-state index contributed by atoms with van der Waals surface area (Å²) in [6.07, 6.45) is 18.2. The summed E-state index contributed by atoms with van der Waals surface area (Å²) in [7, 11) is 0. The molecule has 7 heteroatoms. The van der Waals surface area contributed by atoms with Crippen molar-refractivity contribution in [1.29, 1.82) is 0 Å². The molecule has 2 spiro atoms. The van der Waals surface area contributed by atoms with E-state index < -0.39 is 16.4 Å². The molecule has 0 radical (unpaired) electrons. The molecule has 10 atom stereocenters. The zero-order chi connectivity index (χ0) is 34.4. The molecule has 3 N–H and O–H groups in total. The van der Waals surface area contributed by atoms with Gasteiger partial charge in [-0.15, -0.1) is 0 Å². The molecule has 0 amide bonds. The zero-order valence-corrected chi connectivity index (χ0v) is 30.8. The molecule has 3 aliphatic carbocycles. The summed E-state index contributed by atoms with van der Waals surface area (Å²) in [5, 5.41) is 0. The van der Waals surface area contributed by atoms with E-state index in [-0.39, 0.29) is 17.9 Å². The first-order valence-electron chi connectivity index (χ1n) is 20.6. The predicted molar refractivity (Wildman–Crippen MR) is 193 cm³/mol. The van der Waals surface area contributed by atoms with E-state index in [1.807, 2.05) is 4.90 Å². The molecule has 8 aliphatic heterocycles. The number of nitrogens with one attached hydrogen (secondary N) is 1. The van der Waals surface area contributed by atoms with E-state index in [0.717, 1.165) is 92.1 Å². The van der Waals surface area contributed by atoms with Crippen LogP contribution in [0.4, 0.5) is 0 Å². The van der Waals surface area contributed by atoms with Crippen molar-refractivity contribution in [2.75, 3.05) is 32.7 Å². The van der Waals surface area contributed by atoms with E-state index in [1.54, 1.807) is 0 Å². The molecule has 5 fully saturated rings. The van der Waals surface area contributed by atoms with E-state index in [2.05, 4.69) is 56.0 Å². The fourth-order valence-corrected chi connectivity index (χ4v) is 13.7. The summed E-state index contributed by atoms with van der Waals surface area (Å²) < 4.78 is 13.6. The molecule has 11 aliphatic rings. The maximum Gasteiger partial charge on any atom is 0.339 e. The number of quaternary nitrogens is 1. The number of carbonyl (C=O) groups is 2. The number of carbonyl (C=O) groups excluding carboxylic acids is 2. The summed E-state index contributed by atoms with van der Waals surface area (Å²) in [5.41, 5.74) is 7.77. The first kappa shape index (κ1) is 33.4. The second-order valence-corrected chi connectivity index (χ2v) is 17.9. The van der Waals surface area contributed by atoms with Crippen LogP contribution in [-0.2, 0) is 26.3 Å². The predicted octanol–water partition coefficient (Wildman–Crippen LogP) is 5.72. The number of rotatable bonds is 7. The summed E-state index contributed by atoms with van der Waals surface area (Å²) in [5.74, 6) is 3.04. The van der Waals surface area contributed by atoms with Crippen LogP contribution in [-0.4, -0.2) is 61.6 Å². The molecule has 2 saturated carbocycles. The topological polar surface area (TPSA) is 86.3 Å². The lowest BCUT2D eigenvalue weighted by Crippen LogP contribution is -3.19. The maximum absolute atomic E-state index is 14.9. The van der Waals surface area contributed by atoms with E-state index in [9.17, 15) is 9.59 Å². The third-order valence-electron chi connectivity index (χ3n) is 15.4. The largest absolute Gasteiger partial charge is 0.449 e. The minimum absolute atomic E-state index is 0.0947. The summed E-state index contributed by atoms with van der Waals surface area (Å²) >= 11 is 0. The third-order valence-corrected chi connectivity index (χ3v) is 15.4. The molecular formula is C43H60N3O4+. The van der Waals surface area contributed by atoms with Crippen molar-refractivity contribution in [2.24, 2.45) is 46.2 Å². The molecular weight excluding hydrogens is 622 g/mol. The Balaban J connectivity index is 1.26. The van der Waals surface area contributed by atoms with Crippen molar-refractivity contribution in [3.8, 4) is 0 Å². The number of fused-ring (bicyclic) bond motifs is 2. The summed E-state index contributed by atoms with van der Waals surface area (Å²) in [6.45, 7) is 12.5. The van der Waals surface area contributed by atoms with Crippen LogP contribution in [0.3, 0.4) is 0 Å². The van der Waals surface area contributed by atoms with Gasteiger partial charge in [-0.1, -0.05) is 63.5 Å². The highest BCUT2D eigenvalue weighted by Gasteiger charge is 2.91. The van der Waals surface area contributed by atoms with Gasteiger partial charge in [-0.25, -0.2) is 4.79 Å². The van der Waals surface area contributed by atoms with Crippen molar-refractivity contribution >= 4 is 11.9 Å². The third kappa shape index (κ3) is 4.38. The van der Waals surface area contributed by atoms with Crippen LogP contribution < -0.4 is 10.6 Å². The van der Waals surface area contributed by atoms with Crippen LogP contribution in [0.1, 0.15) is 119 Å². The standard InChI is InChI=1S/C43H59N3O4/c1-4-8-32-14-16-37-42-18-17-31(33-20-27(3)13-15-35(33)46-25-28-21-29(26-46)24-45(32)23-28)22-41(42,40(48)49-37)36(9-5-2)43(42)34-12-6-10-30(11-7-19-44)38(34)39(47)50-43/h6,10,12,16,22,27-29,32-33,35-36H,4-5,7-9,11,13-15,17-21,23-26,44H2,1-3H3/p+1. The molecule has 270 valence electrons. The van der Waals surface area contributed by atoms with Crippen molar-refractivity contribution in [3.63, 3.8) is 0 Å². The minimum atomic E-state index is -0.909. The fourth-order valence-electron chi connectivity index (χ4n) is 13.7. The van der Waals surface area contributed by atoms with Crippen LogP contribution >= 0.6 is 0 Å². The fraction of sp³-hybridized carbons (Fsp3) is 0.721. The van der Waals surface area contributed by atoms with Gasteiger partial charge in [0.05, 0.1) is 30.1 Å². The van der Waals surface area contributed by atoms with Gasteiger partial charge >= 0.3 is 11.9 Å². The van der Waals surface area contributed by atoms with Crippen LogP contribution in [0.5, 0.6) is 0 Å². The van der Waals surface area contributed by atoms with Crippen molar-refractivity contribution in [1.82, 2.24) is 4.90 Å². The van der Waals surface area contributed by atoms with Gasteiger partial charge < -0.3 is 20.1 Å². The molecule has 1 aromatic carbocycles. The Labute approximate surface area is 299 Å². The van der Waals surface area contributed by atoms with Gasteiger partial charge in [0.15, 0.2) is 5.60 Å². The Morgan fingerprint density at radius 1 is 1.04 bits per heavy atom. The lowest BCUT2D eigenvalue weighted by atomic mass is 9.31. The number of hydrogen-bond acceptors (Lipinski definition) is 6. The Kier molecular flexibility index (Phi) is 8.21. The van der Waals surface area contributed by atoms with Crippen LogP contribution in [0.25, 0.3) is 0 Å². The number of nitrogens with zero attached hydrogens (tertiary/aromatic N) is 1. The van der Waals surface area contributed by atoms with Crippen molar-refractivity contribution in [2.45, 2.75) is 122 Å². The van der Waals surface area contributed by atoms with E-state index in [0.29, 0.717) is 30.5 Å². The van der Waals surface area contributed by atoms with Gasteiger partial charge in [0.1, 0.15) is 11.2 Å². The van der Waals surface area contributed by atoms with E-state index >= 15 is 0 Å². The van der Waals surface area contributed by atoms with Gasteiger partial charge in [0, 0.05) is 54.8 Å². The highest BCUT2D eigenvalue weighted by Crippen LogP contribution is 2.84. The normalized spacial score (nSPS) is 44.0. The Bertz CT molecular complexity index is 1600. The molecule has 8 bridgehead atoms. The highest BCUT2D eigenvalue weighted by atomic mass is 16.6. The minimum Gasteiger partial charge on any atom is -0.449 e. The number of esters is 2. The summed E-state index contributed by atoms with van der Waals surface area (Å²) in [6, 6.07) is 7.38. The SMILES string of the molecule is CCCC1CC=C2OC(=O)C34C=C(CCC23C2(OC(=O)c3c(CCCN)cccc32)C4CCC)C2CC(C)CCC2[NH+]2CC3CC(CN1C3)C2. The molecule has 1 aromatic rings. The number of nitrogens with two attached hydrogens (primary N) is 1.